The van der Waals surface area contributed by atoms with Crippen LogP contribution in [0.2, 0.25) is 0 Å². The number of carboxylic acids is 1. The number of fused-ring (bicyclic) bond motifs is 2. The third-order valence-electron chi connectivity index (χ3n) is 16.8. The van der Waals surface area contributed by atoms with Crippen LogP contribution in [0, 0.1) is 26.1 Å². The number of benzene rings is 4. The lowest BCUT2D eigenvalue weighted by Crippen LogP contribution is -2.39. The smallest absolute Gasteiger partial charge is 0.335 e. The highest BCUT2D eigenvalue weighted by molar-refractivity contribution is 6.29. The number of nitro benzene ring substituents is 2. The van der Waals surface area contributed by atoms with E-state index in [0.717, 1.165) is 24.6 Å². The van der Waals surface area contributed by atoms with Gasteiger partial charge in [-0.15, -0.1) is 0 Å². The number of ketones is 4. The molecule has 0 bridgehead atoms. The average molecular weight is 1460 g/mol. The Morgan fingerprint density at radius 1 is 0.519 bits per heavy atom. The summed E-state index contributed by atoms with van der Waals surface area (Å²) in [7, 11) is 0. The van der Waals surface area contributed by atoms with Crippen molar-refractivity contribution < 1.29 is 110 Å². The van der Waals surface area contributed by atoms with Crippen molar-refractivity contribution in [3.05, 3.63) is 115 Å². The van der Waals surface area contributed by atoms with Crippen molar-refractivity contribution in [2.75, 3.05) is 208 Å². The highest BCUT2D eigenvalue weighted by atomic mass is 16.6. The Hall–Kier alpha value is -7.66. The standard InChI is InChI=1S/C74H101N5O25/c80-61(16-7-25-91-29-33-95-37-41-99-45-49-102-48-44-98-40-36-94-32-28-90-24-6-12-56-21-22-60(78(86)87)53-66(56)79(88)89)14-4-15-62(81)17-8-26-92-30-34-96-38-42-100-46-50-103-51-47-101-43-39-97-35-31-93-27-9-20-68(82)58-11-5-23-77(55-58)67-54-65(75-59-13-3-10-57(52-59)74(84)85)69-70-71(67)76-104-73(70)64-19-2-1-18-63(64)72(69)83/h1-3,10,13,18-19,21-22,52-54,58,75H,4-9,11-12,14-17,20,23-51,55H2,(H,84,85)/t58-/m1/s1. The van der Waals surface area contributed by atoms with E-state index in [-0.39, 0.29) is 46.0 Å². The van der Waals surface area contributed by atoms with Crippen molar-refractivity contribution in [1.82, 2.24) is 5.16 Å². The molecule has 0 saturated carbocycles. The van der Waals surface area contributed by atoms with Crippen LogP contribution in [0.25, 0.3) is 22.2 Å². The van der Waals surface area contributed by atoms with Crippen LogP contribution in [0.5, 0.6) is 0 Å². The fraction of sp³-hybridized carbons (Fsp3) is 0.595. The first-order valence-electron chi connectivity index (χ1n) is 35.9. The maximum absolute atomic E-state index is 14.1. The fourth-order valence-electron chi connectivity index (χ4n) is 11.5. The summed E-state index contributed by atoms with van der Waals surface area (Å²) in [6.07, 6.45) is 6.73. The second kappa shape index (κ2) is 49.9. The van der Waals surface area contributed by atoms with E-state index < -0.39 is 15.8 Å². The first-order valence-corrected chi connectivity index (χ1v) is 35.9. The lowest BCUT2D eigenvalue weighted by atomic mass is 9.85. The summed E-state index contributed by atoms with van der Waals surface area (Å²) in [4.78, 5) is 87.1. The molecule has 1 atom stereocenters. The lowest BCUT2D eigenvalue weighted by molar-refractivity contribution is -0.394. The van der Waals surface area contributed by atoms with E-state index in [1.54, 1.807) is 24.3 Å². The van der Waals surface area contributed by atoms with Crippen molar-refractivity contribution in [1.29, 1.82) is 0 Å². The summed E-state index contributed by atoms with van der Waals surface area (Å²) in [5.74, 6) is -0.569. The predicted octanol–water partition coefficient (Wildman–Crippen LogP) is 9.60. The first kappa shape index (κ1) is 83.6. The highest BCUT2D eigenvalue weighted by Crippen LogP contribution is 2.47. The van der Waals surface area contributed by atoms with Gasteiger partial charge in [-0.2, -0.15) is 0 Å². The number of anilines is 3. The van der Waals surface area contributed by atoms with E-state index in [1.807, 2.05) is 18.2 Å². The second-order valence-corrected chi connectivity index (χ2v) is 24.4. The molecule has 1 saturated heterocycles. The molecule has 104 heavy (non-hydrogen) atoms. The zero-order chi connectivity index (χ0) is 73.6. The van der Waals surface area contributed by atoms with Gasteiger partial charge in [0.05, 0.1) is 202 Å². The molecule has 1 aliphatic heterocycles. The number of carboxylic acid groups (broad SMARTS) is 1. The van der Waals surface area contributed by atoms with Gasteiger partial charge in [0, 0.05) is 106 Å². The number of carbonyl (C=O) groups excluding carboxylic acids is 4. The van der Waals surface area contributed by atoms with E-state index in [0.29, 0.717) is 319 Å². The minimum atomic E-state index is -1.07. The van der Waals surface area contributed by atoms with Crippen molar-refractivity contribution in [3.8, 4) is 11.3 Å². The normalized spacial score (nSPS) is 13.4. The van der Waals surface area contributed by atoms with Crippen LogP contribution < -0.4 is 10.2 Å². The lowest BCUT2D eigenvalue weighted by Gasteiger charge is -2.34. The molecule has 1 fully saturated rings. The van der Waals surface area contributed by atoms with Gasteiger partial charge in [0.1, 0.15) is 22.9 Å². The summed E-state index contributed by atoms with van der Waals surface area (Å²) >= 11 is 0. The number of piperidine rings is 1. The van der Waals surface area contributed by atoms with Crippen LogP contribution in [0.4, 0.5) is 28.4 Å². The number of rotatable bonds is 63. The van der Waals surface area contributed by atoms with Crippen LogP contribution in [0.15, 0.2) is 77.3 Å². The van der Waals surface area contributed by atoms with Gasteiger partial charge in [-0.1, -0.05) is 35.5 Å². The SMILES string of the molecule is O=C(CCCOCCOCCOCCOCCOCCOCCOCCCC(=O)[C@@H]1CCCN(c2cc(Nc3cccc(C(=O)O)c3)c3c4c(onc24)-c2ccccc2C3=O)C1)CCCC(=O)CCCOCCOCCOCCOCCOCCOCCOCCCc1ccc([N+](=O)[O-])cc1[N+](=O)[O-]. The summed E-state index contributed by atoms with van der Waals surface area (Å²) in [6, 6.07) is 19.2. The average Bonchev–Trinajstić information content (AvgIpc) is 1.45. The Labute approximate surface area is 605 Å². The van der Waals surface area contributed by atoms with E-state index in [1.165, 1.54) is 24.3 Å². The Balaban J connectivity index is 0.551. The van der Waals surface area contributed by atoms with Crippen LogP contribution in [-0.4, -0.2) is 247 Å². The van der Waals surface area contributed by atoms with Crippen molar-refractivity contribution >= 4 is 68.4 Å². The predicted molar refractivity (Wildman–Crippen MR) is 381 cm³/mol. The van der Waals surface area contributed by atoms with Crippen LogP contribution in [0.3, 0.4) is 0 Å². The van der Waals surface area contributed by atoms with Gasteiger partial charge in [0.2, 0.25) is 0 Å². The molecule has 2 aliphatic rings. The minimum Gasteiger partial charge on any atom is -0.478 e. The monoisotopic (exact) mass is 1460 g/mol. The highest BCUT2D eigenvalue weighted by Gasteiger charge is 2.35. The van der Waals surface area contributed by atoms with Crippen LogP contribution >= 0.6 is 0 Å². The molecule has 0 spiro atoms. The van der Waals surface area contributed by atoms with E-state index in [4.69, 9.17) is 70.8 Å². The molecule has 2 heterocycles. The number of aromatic carboxylic acids is 1. The third kappa shape index (κ3) is 30.8. The summed E-state index contributed by atoms with van der Waals surface area (Å²) in [5, 5.41) is 40.2. The Kier molecular flexibility index (Phi) is 40.2. The molecule has 30 heteroatoms. The number of aromatic nitrogens is 1. The number of nitrogens with one attached hydrogen (secondary N) is 1. The molecular formula is C74H101N5O25. The number of hydrogen-bond donors (Lipinski definition) is 2. The van der Waals surface area contributed by atoms with Gasteiger partial charge in [-0.05, 0) is 81.7 Å². The summed E-state index contributed by atoms with van der Waals surface area (Å²) in [6.45, 7) is 12.7. The fourth-order valence-corrected chi connectivity index (χ4v) is 11.5. The van der Waals surface area contributed by atoms with Gasteiger partial charge in [0.15, 0.2) is 11.5 Å². The summed E-state index contributed by atoms with van der Waals surface area (Å²) < 4.78 is 83.8. The molecule has 2 N–H and O–H groups in total. The van der Waals surface area contributed by atoms with Crippen molar-refractivity contribution in [2.24, 2.45) is 5.92 Å². The van der Waals surface area contributed by atoms with E-state index in [9.17, 15) is 49.3 Å². The van der Waals surface area contributed by atoms with E-state index in [2.05, 4.69) is 15.4 Å². The summed E-state index contributed by atoms with van der Waals surface area (Å²) in [5.41, 5.74) is 3.73. The first-order chi connectivity index (χ1) is 50.9. The van der Waals surface area contributed by atoms with Gasteiger partial charge in [0.25, 0.3) is 11.4 Å². The van der Waals surface area contributed by atoms with Crippen LogP contribution in [-0.2, 0) is 87.1 Å². The minimum absolute atomic E-state index is 0.105. The number of non-ortho nitro benzene ring substituents is 1. The maximum Gasteiger partial charge on any atom is 0.335 e. The molecule has 1 aliphatic carbocycles. The molecule has 7 rings (SSSR count). The number of Topliss-reactive ketones (excluding diaryl/α,β-unsaturated/α-hetero) is 3. The Morgan fingerprint density at radius 2 is 0.971 bits per heavy atom. The van der Waals surface area contributed by atoms with Crippen molar-refractivity contribution in [2.45, 2.75) is 83.5 Å². The quantitative estimate of drug-likeness (QED) is 0.0204. The zero-order valence-electron chi connectivity index (χ0n) is 59.4. The topological polar surface area (TPSA) is 362 Å². The maximum atomic E-state index is 14.1. The number of aryl methyl sites for hydroxylation is 1. The second-order valence-electron chi connectivity index (χ2n) is 24.4. The molecule has 4 aromatic carbocycles. The number of nitro groups is 2. The van der Waals surface area contributed by atoms with Gasteiger partial charge >= 0.3 is 5.97 Å². The zero-order valence-corrected chi connectivity index (χ0v) is 59.4. The van der Waals surface area contributed by atoms with Crippen molar-refractivity contribution in [3.63, 3.8) is 0 Å². The molecule has 0 amide bonds. The third-order valence-corrected chi connectivity index (χ3v) is 16.8. The number of nitrogens with zero attached hydrogens (tertiary/aromatic N) is 4. The molecule has 572 valence electrons. The Morgan fingerprint density at radius 3 is 1.44 bits per heavy atom. The molecule has 30 nitrogen and oxygen atoms in total. The number of ether oxygens (including phenoxy) is 14. The molecule has 0 radical (unpaired) electrons. The number of carbonyl (C=O) groups is 5. The van der Waals surface area contributed by atoms with Gasteiger partial charge in [-0.3, -0.25) is 39.4 Å². The molecule has 5 aromatic rings. The van der Waals surface area contributed by atoms with Crippen LogP contribution in [0.1, 0.15) is 109 Å². The Bertz CT molecular complexity index is 3410. The van der Waals surface area contributed by atoms with Gasteiger partial charge in [-0.25, -0.2) is 4.79 Å². The number of hydrogen-bond acceptors (Lipinski definition) is 27. The van der Waals surface area contributed by atoms with E-state index >= 15 is 0 Å². The molecule has 0 unspecified atom stereocenters. The van der Waals surface area contributed by atoms with Gasteiger partial charge < -0.3 is 86.2 Å². The molecular weight excluding hydrogens is 1360 g/mol. The molecule has 1 aromatic heterocycles. The largest absolute Gasteiger partial charge is 0.478 e.